The normalized spacial score (nSPS) is 11.5. The Bertz CT molecular complexity index is 2850. The molecule has 8 aromatic carbocycles. The minimum absolute atomic E-state index is 0.616. The van der Waals surface area contributed by atoms with Gasteiger partial charge in [0, 0.05) is 53.6 Å². The molecule has 0 N–H and O–H groups in total. The Labute approximate surface area is 299 Å². The molecule has 0 amide bonds. The summed E-state index contributed by atoms with van der Waals surface area (Å²) in [5.41, 5.74) is 10.2. The zero-order chi connectivity index (χ0) is 33.7. The van der Waals surface area contributed by atoms with Crippen LogP contribution in [0.2, 0.25) is 0 Å². The molecule has 0 unspecified atom stereocenters. The molecule has 0 radical (unpaired) electrons. The van der Waals surface area contributed by atoms with E-state index in [0.717, 1.165) is 56.0 Å². The van der Waals surface area contributed by atoms with Crippen LogP contribution in [-0.2, 0) is 0 Å². The standard InChI is InChI=1S/C47H30N2OS/c1-3-12-32(13-4-1)38-27-28-39(46-45(38)48-47(50-46)34-15-5-2-6-16-34)33-22-24-35(25-23-33)49(42-20-11-17-31-14-7-8-18-37(31)42)36-26-29-44-41(30-36)40-19-9-10-21-43(40)51-44/h1-30H. The van der Waals surface area contributed by atoms with Gasteiger partial charge in [0.25, 0.3) is 0 Å². The Kier molecular flexibility index (Phi) is 7.00. The smallest absolute Gasteiger partial charge is 0.227 e. The lowest BCUT2D eigenvalue weighted by Gasteiger charge is -2.27. The maximum Gasteiger partial charge on any atom is 0.227 e. The SMILES string of the molecule is c1ccc(-c2nc3c(-c4ccccc4)ccc(-c4ccc(N(c5ccc6sc7ccccc7c6c5)c5cccc6ccccc56)cc4)c3o2)cc1. The van der Waals surface area contributed by atoms with Crippen molar-refractivity contribution in [3.05, 3.63) is 182 Å². The first-order valence-corrected chi connectivity index (χ1v) is 17.9. The maximum atomic E-state index is 6.61. The molecule has 10 rings (SSSR count). The number of aromatic nitrogens is 1. The number of anilines is 3. The molecule has 0 spiro atoms. The lowest BCUT2D eigenvalue weighted by atomic mass is 9.98. The number of rotatable bonds is 6. The summed E-state index contributed by atoms with van der Waals surface area (Å²) in [6.45, 7) is 0. The van der Waals surface area contributed by atoms with E-state index in [4.69, 9.17) is 9.40 Å². The zero-order valence-electron chi connectivity index (χ0n) is 27.5. The molecule has 2 aromatic heterocycles. The molecule has 0 aliphatic heterocycles. The van der Waals surface area contributed by atoms with E-state index in [0.29, 0.717) is 5.89 Å². The molecule has 0 fully saturated rings. The highest BCUT2D eigenvalue weighted by molar-refractivity contribution is 7.25. The first kappa shape index (κ1) is 29.4. The minimum Gasteiger partial charge on any atom is -0.435 e. The van der Waals surface area contributed by atoms with Gasteiger partial charge in [-0.05, 0) is 77.2 Å². The van der Waals surface area contributed by atoms with Gasteiger partial charge in [-0.1, -0.05) is 121 Å². The van der Waals surface area contributed by atoms with Gasteiger partial charge in [0.05, 0.1) is 5.69 Å². The van der Waals surface area contributed by atoms with Crippen LogP contribution in [0.5, 0.6) is 0 Å². The molecule has 240 valence electrons. The van der Waals surface area contributed by atoms with Gasteiger partial charge < -0.3 is 9.32 Å². The number of nitrogens with zero attached hydrogens (tertiary/aromatic N) is 2. The van der Waals surface area contributed by atoms with Crippen LogP contribution in [0, 0.1) is 0 Å². The fourth-order valence-electron chi connectivity index (χ4n) is 7.26. The fraction of sp³-hybridized carbons (Fsp3) is 0. The monoisotopic (exact) mass is 670 g/mol. The topological polar surface area (TPSA) is 29.3 Å². The molecule has 0 aliphatic carbocycles. The molecule has 2 heterocycles. The van der Waals surface area contributed by atoms with Crippen LogP contribution in [0.4, 0.5) is 17.1 Å². The molecular weight excluding hydrogens is 641 g/mol. The van der Waals surface area contributed by atoms with Gasteiger partial charge in [-0.3, -0.25) is 0 Å². The second-order valence-electron chi connectivity index (χ2n) is 12.7. The van der Waals surface area contributed by atoms with E-state index in [1.54, 1.807) is 0 Å². The van der Waals surface area contributed by atoms with Crippen LogP contribution < -0.4 is 4.90 Å². The lowest BCUT2D eigenvalue weighted by Crippen LogP contribution is -2.10. The van der Waals surface area contributed by atoms with Crippen molar-refractivity contribution in [3.63, 3.8) is 0 Å². The van der Waals surface area contributed by atoms with Crippen molar-refractivity contribution in [1.82, 2.24) is 4.98 Å². The van der Waals surface area contributed by atoms with Gasteiger partial charge in [-0.25, -0.2) is 4.98 Å². The Morgan fingerprint density at radius 3 is 1.90 bits per heavy atom. The van der Waals surface area contributed by atoms with E-state index in [1.165, 1.54) is 30.9 Å². The van der Waals surface area contributed by atoms with Crippen LogP contribution in [0.15, 0.2) is 186 Å². The van der Waals surface area contributed by atoms with E-state index in [-0.39, 0.29) is 0 Å². The average molecular weight is 671 g/mol. The quantitative estimate of drug-likeness (QED) is 0.176. The van der Waals surface area contributed by atoms with E-state index in [2.05, 4.69) is 150 Å². The molecule has 3 nitrogen and oxygen atoms in total. The van der Waals surface area contributed by atoms with Gasteiger partial charge in [0.15, 0.2) is 5.58 Å². The highest BCUT2D eigenvalue weighted by atomic mass is 32.1. The molecule has 10 aromatic rings. The van der Waals surface area contributed by atoms with Gasteiger partial charge in [0.2, 0.25) is 5.89 Å². The van der Waals surface area contributed by atoms with Crippen LogP contribution in [0.25, 0.3) is 75.8 Å². The molecular formula is C47H30N2OS. The van der Waals surface area contributed by atoms with Crippen molar-refractivity contribution in [2.45, 2.75) is 0 Å². The molecule has 0 atom stereocenters. The van der Waals surface area contributed by atoms with Crippen molar-refractivity contribution >= 4 is 70.4 Å². The van der Waals surface area contributed by atoms with E-state index in [9.17, 15) is 0 Å². The fourth-order valence-corrected chi connectivity index (χ4v) is 8.35. The third kappa shape index (κ3) is 5.08. The summed E-state index contributed by atoms with van der Waals surface area (Å²) in [5.74, 6) is 0.616. The number of hydrogen-bond donors (Lipinski definition) is 0. The van der Waals surface area contributed by atoms with Crippen LogP contribution in [-0.4, -0.2) is 4.98 Å². The zero-order valence-corrected chi connectivity index (χ0v) is 28.3. The summed E-state index contributed by atoms with van der Waals surface area (Å²) in [6, 6.07) is 64.4. The maximum absolute atomic E-state index is 6.61. The summed E-state index contributed by atoms with van der Waals surface area (Å²) < 4.78 is 9.21. The van der Waals surface area contributed by atoms with Gasteiger partial charge >= 0.3 is 0 Å². The van der Waals surface area contributed by atoms with Gasteiger partial charge in [0.1, 0.15) is 5.52 Å². The average Bonchev–Trinajstić information content (AvgIpc) is 3.81. The number of thiophene rings is 1. The van der Waals surface area contributed by atoms with Gasteiger partial charge in [-0.15, -0.1) is 11.3 Å². The van der Waals surface area contributed by atoms with E-state index in [1.807, 2.05) is 47.7 Å². The third-order valence-corrected chi connectivity index (χ3v) is 10.9. The molecule has 51 heavy (non-hydrogen) atoms. The molecule has 0 saturated carbocycles. The predicted octanol–water partition coefficient (Wildman–Crippen LogP) is 13.8. The Morgan fingerprint density at radius 1 is 0.451 bits per heavy atom. The van der Waals surface area contributed by atoms with Crippen molar-refractivity contribution in [2.75, 3.05) is 4.90 Å². The second kappa shape index (κ2) is 12.1. The first-order chi connectivity index (χ1) is 25.3. The van der Waals surface area contributed by atoms with Crippen molar-refractivity contribution in [2.24, 2.45) is 0 Å². The Morgan fingerprint density at radius 2 is 1.08 bits per heavy atom. The summed E-state index contributed by atoms with van der Waals surface area (Å²) >= 11 is 1.84. The first-order valence-electron chi connectivity index (χ1n) is 17.1. The predicted molar refractivity (Wildman–Crippen MR) is 215 cm³/mol. The highest BCUT2D eigenvalue weighted by Gasteiger charge is 2.20. The van der Waals surface area contributed by atoms with Gasteiger partial charge in [-0.2, -0.15) is 0 Å². The van der Waals surface area contributed by atoms with E-state index < -0.39 is 0 Å². The van der Waals surface area contributed by atoms with Crippen LogP contribution >= 0.6 is 11.3 Å². The number of oxazole rings is 1. The summed E-state index contributed by atoms with van der Waals surface area (Å²) in [5, 5.41) is 4.97. The Balaban J connectivity index is 1.13. The minimum atomic E-state index is 0.616. The summed E-state index contributed by atoms with van der Waals surface area (Å²) in [7, 11) is 0. The highest BCUT2D eigenvalue weighted by Crippen LogP contribution is 2.44. The molecule has 0 bridgehead atoms. The molecule has 0 aliphatic rings. The van der Waals surface area contributed by atoms with Crippen LogP contribution in [0.3, 0.4) is 0 Å². The van der Waals surface area contributed by atoms with E-state index >= 15 is 0 Å². The summed E-state index contributed by atoms with van der Waals surface area (Å²) in [6.07, 6.45) is 0. The van der Waals surface area contributed by atoms with Crippen molar-refractivity contribution in [1.29, 1.82) is 0 Å². The number of benzene rings is 8. The third-order valence-electron chi connectivity index (χ3n) is 9.71. The van der Waals surface area contributed by atoms with Crippen LogP contribution in [0.1, 0.15) is 0 Å². The van der Waals surface area contributed by atoms with Crippen molar-refractivity contribution < 1.29 is 4.42 Å². The lowest BCUT2D eigenvalue weighted by molar-refractivity contribution is 0.621. The largest absolute Gasteiger partial charge is 0.435 e. The molecule has 0 saturated heterocycles. The molecule has 4 heteroatoms. The second-order valence-corrected chi connectivity index (χ2v) is 13.8. The summed E-state index contributed by atoms with van der Waals surface area (Å²) in [4.78, 5) is 7.45. The Hall–Kier alpha value is -6.49. The number of fused-ring (bicyclic) bond motifs is 5. The van der Waals surface area contributed by atoms with Crippen molar-refractivity contribution in [3.8, 4) is 33.7 Å². The number of hydrogen-bond acceptors (Lipinski definition) is 4.